The van der Waals surface area contributed by atoms with Crippen LogP contribution < -0.4 is 0 Å². The summed E-state index contributed by atoms with van der Waals surface area (Å²) in [6.45, 7) is 0.781. The highest BCUT2D eigenvalue weighted by Crippen LogP contribution is 2.13. The van der Waals surface area contributed by atoms with Crippen molar-refractivity contribution in [2.24, 2.45) is 0 Å². The van der Waals surface area contributed by atoms with Crippen LogP contribution in [0.1, 0.15) is 0 Å². The first kappa shape index (κ1) is 15.0. The third-order valence-electron chi connectivity index (χ3n) is 1.46. The van der Waals surface area contributed by atoms with Gasteiger partial charge in [0.2, 0.25) is 0 Å². The predicted molar refractivity (Wildman–Crippen MR) is 51.2 cm³/mol. The van der Waals surface area contributed by atoms with E-state index in [1.807, 2.05) is 18.2 Å². The quantitative estimate of drug-likeness (QED) is 0.770. The molecule has 1 aliphatic rings. The van der Waals surface area contributed by atoms with E-state index in [1.54, 1.807) is 11.1 Å². The van der Waals surface area contributed by atoms with E-state index >= 15 is 0 Å². The van der Waals surface area contributed by atoms with Gasteiger partial charge in [0.15, 0.2) is 0 Å². The lowest BCUT2D eigenvalue weighted by molar-refractivity contribution is -0.192. The smallest absolute Gasteiger partial charge is 0.480 e. The van der Waals surface area contributed by atoms with Crippen molar-refractivity contribution in [3.63, 3.8) is 0 Å². The lowest BCUT2D eigenvalue weighted by atomic mass is 10.3. The van der Waals surface area contributed by atoms with Crippen molar-refractivity contribution in [1.29, 1.82) is 0 Å². The molecule has 0 spiro atoms. The average molecular weight is 253 g/mol. The first-order valence-corrected chi connectivity index (χ1v) is 4.32. The van der Waals surface area contributed by atoms with Gasteiger partial charge in [-0.3, -0.25) is 4.79 Å². The van der Waals surface area contributed by atoms with Crippen LogP contribution in [0, 0.1) is 0 Å². The van der Waals surface area contributed by atoms with Crippen molar-refractivity contribution in [3.05, 3.63) is 24.4 Å². The molecule has 0 radical (unpaired) electrons. The Labute approximate surface area is 94.4 Å². The van der Waals surface area contributed by atoms with Gasteiger partial charge >= 0.3 is 18.1 Å². The summed E-state index contributed by atoms with van der Waals surface area (Å²) in [7, 11) is 0. The summed E-state index contributed by atoms with van der Waals surface area (Å²) in [5.74, 6) is -3.55. The zero-order valence-electron chi connectivity index (χ0n) is 8.52. The Balaban J connectivity index is 0.000000325. The molecule has 2 N–H and O–H groups in total. The number of nitrogens with zero attached hydrogens (tertiary/aromatic N) is 1. The van der Waals surface area contributed by atoms with Gasteiger partial charge in [0.25, 0.3) is 0 Å². The molecule has 1 rings (SSSR count). The van der Waals surface area contributed by atoms with Crippen LogP contribution in [0.3, 0.4) is 0 Å². The van der Waals surface area contributed by atoms with Crippen LogP contribution in [-0.4, -0.2) is 46.3 Å². The molecule has 0 atom stereocenters. The van der Waals surface area contributed by atoms with Gasteiger partial charge in [0.1, 0.15) is 6.54 Å². The minimum atomic E-state index is -5.08. The zero-order valence-corrected chi connectivity index (χ0v) is 8.52. The third kappa shape index (κ3) is 7.88. The fourth-order valence-corrected chi connectivity index (χ4v) is 0.798. The molecule has 0 aliphatic carbocycles. The van der Waals surface area contributed by atoms with Gasteiger partial charge in [0.05, 0.1) is 0 Å². The van der Waals surface area contributed by atoms with Gasteiger partial charge < -0.3 is 15.1 Å². The number of carboxylic acid groups (broad SMARTS) is 2. The normalized spacial score (nSPS) is 13.9. The Morgan fingerprint density at radius 3 is 2.06 bits per heavy atom. The number of carboxylic acids is 2. The first-order valence-electron chi connectivity index (χ1n) is 4.32. The third-order valence-corrected chi connectivity index (χ3v) is 1.46. The molecule has 5 nitrogen and oxygen atoms in total. The van der Waals surface area contributed by atoms with Gasteiger partial charge in [0, 0.05) is 6.54 Å². The van der Waals surface area contributed by atoms with Gasteiger partial charge in [-0.15, -0.1) is 0 Å². The molecule has 0 saturated heterocycles. The van der Waals surface area contributed by atoms with Crippen molar-refractivity contribution in [2.75, 3.05) is 13.1 Å². The molecular formula is C9H10F3NO4. The van der Waals surface area contributed by atoms with Crippen molar-refractivity contribution in [2.45, 2.75) is 6.18 Å². The topological polar surface area (TPSA) is 77.8 Å². The number of hydrogen-bond donors (Lipinski definition) is 2. The number of carbonyl (C=O) groups is 2. The van der Waals surface area contributed by atoms with E-state index < -0.39 is 18.1 Å². The Hall–Kier alpha value is -1.99. The highest BCUT2D eigenvalue weighted by atomic mass is 19.4. The lowest BCUT2D eigenvalue weighted by Crippen LogP contribution is -2.25. The molecule has 0 aromatic heterocycles. The Bertz CT molecular complexity index is 336. The molecule has 0 aromatic carbocycles. The van der Waals surface area contributed by atoms with Crippen molar-refractivity contribution < 1.29 is 33.0 Å². The summed E-state index contributed by atoms with van der Waals surface area (Å²) in [6, 6.07) is 0. The van der Waals surface area contributed by atoms with Gasteiger partial charge in [-0.2, -0.15) is 13.2 Å². The van der Waals surface area contributed by atoms with Crippen LogP contribution in [0.15, 0.2) is 24.4 Å². The second-order valence-corrected chi connectivity index (χ2v) is 2.90. The van der Waals surface area contributed by atoms with E-state index in [-0.39, 0.29) is 6.54 Å². The maximum Gasteiger partial charge on any atom is 0.490 e. The fourth-order valence-electron chi connectivity index (χ4n) is 0.798. The van der Waals surface area contributed by atoms with Crippen molar-refractivity contribution in [3.8, 4) is 0 Å². The van der Waals surface area contributed by atoms with E-state index in [2.05, 4.69) is 0 Å². The van der Waals surface area contributed by atoms with E-state index in [0.717, 1.165) is 0 Å². The number of hydrogen-bond acceptors (Lipinski definition) is 3. The van der Waals surface area contributed by atoms with Crippen LogP contribution in [0.25, 0.3) is 0 Å². The summed E-state index contributed by atoms with van der Waals surface area (Å²) in [6.07, 6.45) is 2.34. The molecule has 0 bridgehead atoms. The predicted octanol–water partition coefficient (Wildman–Crippen LogP) is 1.09. The average Bonchev–Trinajstić information content (AvgIpc) is 2.17. The van der Waals surface area contributed by atoms with E-state index in [1.165, 1.54) is 0 Å². The van der Waals surface area contributed by atoms with Crippen LogP contribution in [0.2, 0.25) is 0 Å². The molecule has 8 heteroatoms. The maximum atomic E-state index is 10.6. The molecule has 0 fully saturated rings. The highest BCUT2D eigenvalue weighted by molar-refractivity contribution is 5.73. The number of aliphatic carboxylic acids is 2. The molecule has 0 amide bonds. The number of alkyl halides is 3. The molecular weight excluding hydrogens is 243 g/mol. The lowest BCUT2D eigenvalue weighted by Gasteiger charge is -2.16. The van der Waals surface area contributed by atoms with Crippen LogP contribution >= 0.6 is 0 Å². The molecule has 1 aliphatic heterocycles. The highest BCUT2D eigenvalue weighted by Gasteiger charge is 2.38. The fraction of sp³-hybridized carbons (Fsp3) is 0.333. The van der Waals surface area contributed by atoms with Gasteiger partial charge in [-0.05, 0) is 12.3 Å². The van der Waals surface area contributed by atoms with Gasteiger partial charge in [-0.25, -0.2) is 4.79 Å². The molecule has 0 unspecified atom stereocenters. The number of rotatable bonds is 2. The largest absolute Gasteiger partial charge is 0.490 e. The van der Waals surface area contributed by atoms with Crippen molar-refractivity contribution in [1.82, 2.24) is 4.90 Å². The van der Waals surface area contributed by atoms with E-state index in [4.69, 9.17) is 15.0 Å². The molecule has 96 valence electrons. The van der Waals surface area contributed by atoms with E-state index in [0.29, 0.717) is 6.54 Å². The Morgan fingerprint density at radius 1 is 1.24 bits per heavy atom. The van der Waals surface area contributed by atoms with Crippen LogP contribution in [0.5, 0.6) is 0 Å². The number of halogens is 3. The molecule has 17 heavy (non-hydrogen) atoms. The number of allylic oxidation sites excluding steroid dienone is 2. The molecule has 0 aromatic rings. The van der Waals surface area contributed by atoms with Crippen molar-refractivity contribution >= 4 is 11.9 Å². The Morgan fingerprint density at radius 2 is 1.76 bits per heavy atom. The first-order chi connectivity index (χ1) is 7.73. The second-order valence-electron chi connectivity index (χ2n) is 2.90. The monoisotopic (exact) mass is 253 g/mol. The molecule has 0 saturated carbocycles. The minimum absolute atomic E-state index is 0.0842. The zero-order chi connectivity index (χ0) is 13.5. The van der Waals surface area contributed by atoms with Crippen LogP contribution in [-0.2, 0) is 9.59 Å². The van der Waals surface area contributed by atoms with Crippen LogP contribution in [0.4, 0.5) is 13.2 Å². The summed E-state index contributed by atoms with van der Waals surface area (Å²) in [5.41, 5.74) is 0. The maximum absolute atomic E-state index is 10.6. The minimum Gasteiger partial charge on any atom is -0.480 e. The standard InChI is InChI=1S/C7H9NO2.C2HF3O2/c9-7(10)6-8-4-2-1-3-5-8;3-2(4,5)1(6)7/h1-4H,5-6H2,(H,9,10);(H,6,7). The second kappa shape index (κ2) is 6.56. The van der Waals surface area contributed by atoms with E-state index in [9.17, 15) is 18.0 Å². The molecule has 1 heterocycles. The summed E-state index contributed by atoms with van der Waals surface area (Å²) in [5, 5.41) is 15.5. The Kier molecular flexibility index (Phi) is 5.79. The SMILES string of the molecule is O=C(O)C(F)(F)F.O=C(O)CN1C=CC=CC1. The summed E-state index contributed by atoms with van der Waals surface area (Å²) < 4.78 is 31.7. The summed E-state index contributed by atoms with van der Waals surface area (Å²) >= 11 is 0. The summed E-state index contributed by atoms with van der Waals surface area (Å²) in [4.78, 5) is 20.8. The van der Waals surface area contributed by atoms with Gasteiger partial charge in [-0.1, -0.05) is 12.2 Å².